The lowest BCUT2D eigenvalue weighted by Crippen LogP contribution is -2.30. The smallest absolute Gasteiger partial charge is 0.261 e. The summed E-state index contributed by atoms with van der Waals surface area (Å²) in [5.41, 5.74) is 0.417. The Morgan fingerprint density at radius 2 is 1.92 bits per heavy atom. The van der Waals surface area contributed by atoms with E-state index in [2.05, 4.69) is 6.92 Å². The van der Waals surface area contributed by atoms with Gasteiger partial charge < -0.3 is 0 Å². The van der Waals surface area contributed by atoms with Crippen molar-refractivity contribution in [3.05, 3.63) is 0 Å². The van der Waals surface area contributed by atoms with Crippen molar-refractivity contribution in [3.63, 3.8) is 0 Å². The number of nitrogens with zero attached hydrogens (tertiary/aromatic N) is 1. The molecule has 0 N–H and O–H groups in total. The van der Waals surface area contributed by atoms with Crippen molar-refractivity contribution in [2.75, 3.05) is 19.6 Å². The van der Waals surface area contributed by atoms with E-state index in [1.54, 1.807) is 0 Å². The van der Waals surface area contributed by atoms with Gasteiger partial charge in [-0.15, -0.1) is 0 Å². The van der Waals surface area contributed by atoms with Crippen LogP contribution in [0.3, 0.4) is 0 Å². The summed E-state index contributed by atoms with van der Waals surface area (Å²) in [6, 6.07) is 0. The molecular formula is C10H17F2N. The van der Waals surface area contributed by atoms with E-state index in [9.17, 15) is 8.78 Å². The summed E-state index contributed by atoms with van der Waals surface area (Å²) < 4.78 is 25.7. The van der Waals surface area contributed by atoms with Gasteiger partial charge in [-0.05, 0) is 24.7 Å². The number of alkyl halides is 2. The molecule has 0 aromatic heterocycles. The quantitative estimate of drug-likeness (QED) is 0.659. The minimum atomic E-state index is -2.41. The van der Waals surface area contributed by atoms with E-state index in [1.807, 2.05) is 4.90 Å². The number of hydrogen-bond acceptors (Lipinski definition) is 1. The van der Waals surface area contributed by atoms with Gasteiger partial charge in [0.2, 0.25) is 0 Å². The molecule has 1 aliphatic carbocycles. The highest BCUT2D eigenvalue weighted by molar-refractivity contribution is 4.96. The van der Waals surface area contributed by atoms with Crippen LogP contribution in [0.25, 0.3) is 0 Å². The third-order valence-corrected chi connectivity index (χ3v) is 3.51. The largest absolute Gasteiger partial charge is 0.297 e. The molecule has 0 aromatic rings. The molecule has 0 unspecified atom stereocenters. The van der Waals surface area contributed by atoms with Crippen LogP contribution in [-0.4, -0.2) is 30.5 Å². The summed E-state index contributed by atoms with van der Waals surface area (Å²) in [6.07, 6.45) is 3.69. The summed E-state index contributed by atoms with van der Waals surface area (Å²) in [5.74, 6) is -2.41. The molecule has 2 aliphatic rings. The van der Waals surface area contributed by atoms with Gasteiger partial charge in [0.25, 0.3) is 5.92 Å². The Labute approximate surface area is 78.1 Å². The van der Waals surface area contributed by atoms with Crippen molar-refractivity contribution in [3.8, 4) is 0 Å². The fourth-order valence-electron chi connectivity index (χ4n) is 2.22. The van der Waals surface area contributed by atoms with Gasteiger partial charge in [0.1, 0.15) is 0 Å². The average molecular weight is 189 g/mol. The predicted molar refractivity (Wildman–Crippen MR) is 48.0 cm³/mol. The Kier molecular flexibility index (Phi) is 2.10. The normalized spacial score (nSPS) is 30.7. The van der Waals surface area contributed by atoms with Crippen LogP contribution in [-0.2, 0) is 0 Å². The van der Waals surface area contributed by atoms with Gasteiger partial charge in [0.15, 0.2) is 0 Å². The molecule has 1 saturated heterocycles. The SMILES string of the molecule is CCC1(CN2CCC(F)(F)C2)CC1. The van der Waals surface area contributed by atoms with Crippen molar-refractivity contribution >= 4 is 0 Å². The second kappa shape index (κ2) is 2.91. The fraction of sp³-hybridized carbons (Fsp3) is 1.00. The van der Waals surface area contributed by atoms with Gasteiger partial charge in [-0.25, -0.2) is 8.78 Å². The van der Waals surface area contributed by atoms with Crippen molar-refractivity contribution in [1.29, 1.82) is 0 Å². The molecule has 1 saturated carbocycles. The number of hydrogen-bond donors (Lipinski definition) is 0. The maximum absolute atomic E-state index is 12.9. The minimum Gasteiger partial charge on any atom is -0.297 e. The zero-order valence-electron chi connectivity index (χ0n) is 8.15. The van der Waals surface area contributed by atoms with Crippen molar-refractivity contribution in [1.82, 2.24) is 4.90 Å². The lowest BCUT2D eigenvalue weighted by Gasteiger charge is -2.21. The van der Waals surface area contributed by atoms with E-state index < -0.39 is 5.92 Å². The second-order valence-electron chi connectivity index (χ2n) is 4.67. The average Bonchev–Trinajstić information content (AvgIpc) is 2.74. The Morgan fingerprint density at radius 1 is 1.23 bits per heavy atom. The van der Waals surface area contributed by atoms with Crippen LogP contribution in [0.5, 0.6) is 0 Å². The summed E-state index contributed by atoms with van der Waals surface area (Å²) in [6.45, 7) is 3.66. The molecule has 76 valence electrons. The van der Waals surface area contributed by atoms with Crippen molar-refractivity contribution in [2.45, 2.75) is 38.5 Å². The van der Waals surface area contributed by atoms with Crippen LogP contribution in [0, 0.1) is 5.41 Å². The van der Waals surface area contributed by atoms with Gasteiger partial charge in [-0.2, -0.15) is 0 Å². The molecule has 0 spiro atoms. The maximum atomic E-state index is 12.9. The van der Waals surface area contributed by atoms with Gasteiger partial charge in [-0.1, -0.05) is 6.92 Å². The zero-order valence-corrected chi connectivity index (χ0v) is 8.15. The molecule has 3 heteroatoms. The fourth-order valence-corrected chi connectivity index (χ4v) is 2.22. The Bertz CT molecular complexity index is 199. The molecule has 0 bridgehead atoms. The number of likely N-dealkylation sites (tertiary alicyclic amines) is 1. The van der Waals surface area contributed by atoms with Gasteiger partial charge in [-0.3, -0.25) is 4.90 Å². The molecule has 1 aliphatic heterocycles. The van der Waals surface area contributed by atoms with Crippen LogP contribution in [0.1, 0.15) is 32.6 Å². The molecular weight excluding hydrogens is 172 g/mol. The monoisotopic (exact) mass is 189 g/mol. The minimum absolute atomic E-state index is 0.00521. The Hall–Kier alpha value is -0.180. The molecule has 0 amide bonds. The molecule has 2 rings (SSSR count). The highest BCUT2D eigenvalue weighted by Gasteiger charge is 2.46. The van der Waals surface area contributed by atoms with Crippen molar-refractivity contribution < 1.29 is 8.78 Å². The lowest BCUT2D eigenvalue weighted by atomic mass is 10.0. The standard InChI is InChI=1S/C10H17F2N/c1-2-9(3-4-9)7-13-6-5-10(11,12)8-13/h2-8H2,1H3. The Morgan fingerprint density at radius 3 is 2.31 bits per heavy atom. The molecule has 0 atom stereocenters. The predicted octanol–water partition coefficient (Wildman–Crippen LogP) is 2.52. The van der Waals surface area contributed by atoms with Crippen molar-refractivity contribution in [2.24, 2.45) is 5.41 Å². The Balaban J connectivity index is 1.84. The molecule has 13 heavy (non-hydrogen) atoms. The van der Waals surface area contributed by atoms with Crippen LogP contribution in [0.15, 0.2) is 0 Å². The summed E-state index contributed by atoms with van der Waals surface area (Å²) in [7, 11) is 0. The first-order valence-corrected chi connectivity index (χ1v) is 5.16. The highest BCUT2D eigenvalue weighted by Crippen LogP contribution is 2.49. The van der Waals surface area contributed by atoms with Gasteiger partial charge in [0.05, 0.1) is 6.54 Å². The molecule has 1 heterocycles. The second-order valence-corrected chi connectivity index (χ2v) is 4.67. The van der Waals surface area contributed by atoms with E-state index in [-0.39, 0.29) is 13.0 Å². The summed E-state index contributed by atoms with van der Waals surface area (Å²) >= 11 is 0. The zero-order chi connectivity index (χ0) is 9.53. The number of halogens is 2. The van der Waals surface area contributed by atoms with E-state index in [0.717, 1.165) is 13.0 Å². The third kappa shape index (κ3) is 2.01. The first kappa shape index (κ1) is 9.38. The van der Waals surface area contributed by atoms with E-state index >= 15 is 0 Å². The van der Waals surface area contributed by atoms with Gasteiger partial charge >= 0.3 is 0 Å². The van der Waals surface area contributed by atoms with E-state index in [0.29, 0.717) is 12.0 Å². The molecule has 0 radical (unpaired) electrons. The third-order valence-electron chi connectivity index (χ3n) is 3.51. The van der Waals surface area contributed by atoms with E-state index in [4.69, 9.17) is 0 Å². The highest BCUT2D eigenvalue weighted by atomic mass is 19.3. The van der Waals surface area contributed by atoms with Gasteiger partial charge in [0, 0.05) is 19.5 Å². The number of rotatable bonds is 3. The van der Waals surface area contributed by atoms with Crippen LogP contribution in [0.4, 0.5) is 8.78 Å². The first-order valence-electron chi connectivity index (χ1n) is 5.16. The lowest BCUT2D eigenvalue weighted by molar-refractivity contribution is 0.0103. The molecule has 0 aromatic carbocycles. The van der Waals surface area contributed by atoms with Crippen LogP contribution < -0.4 is 0 Å². The summed E-state index contributed by atoms with van der Waals surface area (Å²) in [5, 5.41) is 0. The van der Waals surface area contributed by atoms with Crippen LogP contribution in [0.2, 0.25) is 0 Å². The maximum Gasteiger partial charge on any atom is 0.261 e. The van der Waals surface area contributed by atoms with Crippen LogP contribution >= 0.6 is 0 Å². The topological polar surface area (TPSA) is 3.24 Å². The molecule has 1 nitrogen and oxygen atoms in total. The first-order chi connectivity index (χ1) is 6.05. The van der Waals surface area contributed by atoms with E-state index in [1.165, 1.54) is 12.8 Å². The summed E-state index contributed by atoms with van der Waals surface area (Å²) in [4.78, 5) is 1.94. The molecule has 2 fully saturated rings.